The maximum absolute atomic E-state index is 12.6. The summed E-state index contributed by atoms with van der Waals surface area (Å²) in [5, 5.41) is 0. The molecule has 0 unspecified atom stereocenters. The average Bonchev–Trinajstić information content (AvgIpc) is 3.08. The fraction of sp³-hybridized carbons (Fsp3) is 0.120. The van der Waals surface area contributed by atoms with E-state index in [2.05, 4.69) is 0 Å². The Kier molecular flexibility index (Phi) is 5.35. The van der Waals surface area contributed by atoms with Gasteiger partial charge in [-0.3, -0.25) is 9.59 Å². The third kappa shape index (κ3) is 4.10. The molecule has 0 aromatic heterocycles. The van der Waals surface area contributed by atoms with Gasteiger partial charge in [0.2, 0.25) is 5.78 Å². The number of aryl methyl sites for hydroxylation is 1. The summed E-state index contributed by atoms with van der Waals surface area (Å²) in [6.45, 7) is 1.88. The van der Waals surface area contributed by atoms with Crippen LogP contribution in [0.4, 0.5) is 0 Å². The van der Waals surface area contributed by atoms with Crippen molar-refractivity contribution >= 4 is 17.6 Å². The molecule has 3 aromatic carbocycles. The van der Waals surface area contributed by atoms with Gasteiger partial charge < -0.3 is 14.2 Å². The Balaban J connectivity index is 1.44. The van der Waals surface area contributed by atoms with E-state index in [1.54, 1.807) is 55.7 Å². The minimum atomic E-state index is -0.175. The number of ether oxygens (including phenoxy) is 3. The number of Topliss-reactive ketones (excluding diaryl/α,β-unsaturated/α-hetero) is 2. The molecule has 0 saturated heterocycles. The summed E-state index contributed by atoms with van der Waals surface area (Å²) in [5.41, 5.74) is 3.04. The maximum Gasteiger partial charge on any atom is 0.231 e. The van der Waals surface area contributed by atoms with Gasteiger partial charge in [-0.15, -0.1) is 0 Å². The molecule has 5 heteroatoms. The van der Waals surface area contributed by atoms with Crippen molar-refractivity contribution in [3.05, 3.63) is 94.7 Å². The molecule has 0 amide bonds. The van der Waals surface area contributed by atoms with Crippen LogP contribution in [0.15, 0.2) is 72.5 Å². The number of benzene rings is 3. The van der Waals surface area contributed by atoms with Crippen molar-refractivity contribution < 1.29 is 23.8 Å². The normalized spacial score (nSPS) is 13.7. The van der Waals surface area contributed by atoms with E-state index >= 15 is 0 Å². The largest absolute Gasteiger partial charge is 0.497 e. The summed E-state index contributed by atoms with van der Waals surface area (Å²) in [6.07, 6.45) is 1.72. The first-order chi connectivity index (χ1) is 14.5. The molecule has 1 aliphatic heterocycles. The van der Waals surface area contributed by atoms with Crippen LogP contribution >= 0.6 is 0 Å². The summed E-state index contributed by atoms with van der Waals surface area (Å²) in [7, 11) is 1.57. The molecule has 0 radical (unpaired) electrons. The Hall–Kier alpha value is -3.86. The summed E-state index contributed by atoms with van der Waals surface area (Å²) >= 11 is 0. The third-order valence-electron chi connectivity index (χ3n) is 4.80. The van der Waals surface area contributed by atoms with Gasteiger partial charge in [0.15, 0.2) is 18.1 Å². The van der Waals surface area contributed by atoms with E-state index in [0.29, 0.717) is 28.4 Å². The maximum atomic E-state index is 12.6. The molecule has 0 N–H and O–H groups in total. The van der Waals surface area contributed by atoms with E-state index < -0.39 is 0 Å². The number of hydrogen-bond donors (Lipinski definition) is 0. The van der Waals surface area contributed by atoms with Crippen molar-refractivity contribution in [1.29, 1.82) is 0 Å². The fourth-order valence-corrected chi connectivity index (χ4v) is 3.08. The lowest BCUT2D eigenvalue weighted by Crippen LogP contribution is -2.11. The molecule has 4 rings (SSSR count). The van der Waals surface area contributed by atoms with Gasteiger partial charge in [-0.25, -0.2) is 0 Å². The molecule has 150 valence electrons. The zero-order valence-corrected chi connectivity index (χ0v) is 16.7. The van der Waals surface area contributed by atoms with Gasteiger partial charge in [-0.05, 0) is 55.0 Å². The zero-order chi connectivity index (χ0) is 21.1. The first-order valence-electron chi connectivity index (χ1n) is 9.48. The van der Waals surface area contributed by atoms with Crippen molar-refractivity contribution in [2.45, 2.75) is 6.92 Å². The summed E-state index contributed by atoms with van der Waals surface area (Å²) in [5.74, 6) is 1.50. The van der Waals surface area contributed by atoms with Crippen LogP contribution < -0.4 is 14.2 Å². The molecule has 0 saturated carbocycles. The molecular formula is C25H20O5. The van der Waals surface area contributed by atoms with Crippen LogP contribution in [0.2, 0.25) is 0 Å². The number of methoxy groups -OCH3 is 1. The minimum absolute atomic E-state index is 0.120. The Labute approximate surface area is 174 Å². The molecule has 5 nitrogen and oxygen atoms in total. The topological polar surface area (TPSA) is 61.8 Å². The Bertz CT molecular complexity index is 1130. The number of hydrogen-bond acceptors (Lipinski definition) is 5. The van der Waals surface area contributed by atoms with Crippen molar-refractivity contribution in [2.24, 2.45) is 0 Å². The minimum Gasteiger partial charge on any atom is -0.497 e. The second-order valence-electron chi connectivity index (χ2n) is 6.95. The zero-order valence-electron chi connectivity index (χ0n) is 16.7. The number of rotatable bonds is 6. The van der Waals surface area contributed by atoms with Gasteiger partial charge >= 0.3 is 0 Å². The van der Waals surface area contributed by atoms with E-state index in [1.165, 1.54) is 0 Å². The van der Waals surface area contributed by atoms with E-state index in [0.717, 1.165) is 11.1 Å². The second-order valence-corrected chi connectivity index (χ2v) is 6.95. The molecule has 1 aliphatic rings. The van der Waals surface area contributed by atoms with Crippen molar-refractivity contribution in [3.63, 3.8) is 0 Å². The molecule has 0 fully saturated rings. The van der Waals surface area contributed by atoms with Crippen LogP contribution in [0.25, 0.3) is 6.08 Å². The quantitative estimate of drug-likeness (QED) is 0.436. The van der Waals surface area contributed by atoms with E-state index in [4.69, 9.17) is 14.2 Å². The van der Waals surface area contributed by atoms with Crippen molar-refractivity contribution in [1.82, 2.24) is 0 Å². The predicted octanol–water partition coefficient (Wildman–Crippen LogP) is 4.88. The lowest BCUT2D eigenvalue weighted by atomic mass is 10.1. The molecule has 0 spiro atoms. The van der Waals surface area contributed by atoms with Gasteiger partial charge in [-0.1, -0.05) is 29.8 Å². The summed E-state index contributed by atoms with van der Waals surface area (Å²) in [6, 6.07) is 19.6. The first-order valence-corrected chi connectivity index (χ1v) is 9.48. The summed E-state index contributed by atoms with van der Waals surface area (Å²) < 4.78 is 16.5. The Morgan fingerprint density at radius 1 is 0.967 bits per heavy atom. The Morgan fingerprint density at radius 3 is 2.37 bits per heavy atom. The highest BCUT2D eigenvalue weighted by atomic mass is 16.5. The fourth-order valence-electron chi connectivity index (χ4n) is 3.08. The van der Waals surface area contributed by atoms with Gasteiger partial charge in [0.1, 0.15) is 17.2 Å². The highest BCUT2D eigenvalue weighted by molar-refractivity contribution is 6.14. The van der Waals surface area contributed by atoms with Crippen molar-refractivity contribution in [3.8, 4) is 17.2 Å². The first kappa shape index (κ1) is 19.5. The number of carbonyl (C=O) groups is 2. The van der Waals surface area contributed by atoms with Crippen LogP contribution in [0.1, 0.15) is 31.8 Å². The number of carbonyl (C=O) groups excluding carboxylic acids is 2. The number of ketones is 2. The second kappa shape index (κ2) is 8.25. The molecule has 30 heavy (non-hydrogen) atoms. The number of fused-ring (bicyclic) bond motifs is 1. The van der Waals surface area contributed by atoms with Gasteiger partial charge in [-0.2, -0.15) is 0 Å². The van der Waals surface area contributed by atoms with Crippen LogP contribution in [0.3, 0.4) is 0 Å². The smallest absolute Gasteiger partial charge is 0.231 e. The number of allylic oxidation sites excluding steroid dienone is 1. The van der Waals surface area contributed by atoms with Gasteiger partial charge in [0, 0.05) is 11.6 Å². The predicted molar refractivity (Wildman–Crippen MR) is 113 cm³/mol. The molecular weight excluding hydrogens is 380 g/mol. The molecule has 0 bridgehead atoms. The van der Waals surface area contributed by atoms with E-state index in [-0.39, 0.29) is 23.9 Å². The third-order valence-corrected chi connectivity index (χ3v) is 4.80. The monoisotopic (exact) mass is 400 g/mol. The van der Waals surface area contributed by atoms with Gasteiger partial charge in [0.05, 0.1) is 12.7 Å². The lowest BCUT2D eigenvalue weighted by molar-refractivity contribution is 0.0920. The van der Waals surface area contributed by atoms with Crippen LogP contribution in [-0.4, -0.2) is 25.3 Å². The highest BCUT2D eigenvalue weighted by Gasteiger charge is 2.27. The van der Waals surface area contributed by atoms with Gasteiger partial charge in [0.25, 0.3) is 0 Å². The van der Waals surface area contributed by atoms with E-state index in [9.17, 15) is 9.59 Å². The molecule has 0 atom stereocenters. The standard InChI is InChI=1S/C25H20O5/c1-16-3-5-17(6-4-16)13-24-25(27)21-12-11-20(14-23(21)30-24)29-15-22(26)18-7-9-19(28-2)10-8-18/h3-14H,15H2,1-2H3. The molecule has 3 aromatic rings. The lowest BCUT2D eigenvalue weighted by Gasteiger charge is -2.07. The molecule has 1 heterocycles. The highest BCUT2D eigenvalue weighted by Crippen LogP contribution is 2.35. The summed E-state index contributed by atoms with van der Waals surface area (Å²) in [4.78, 5) is 24.9. The van der Waals surface area contributed by atoms with Crippen molar-refractivity contribution in [2.75, 3.05) is 13.7 Å². The van der Waals surface area contributed by atoms with Crippen LogP contribution in [-0.2, 0) is 0 Å². The SMILES string of the molecule is COc1ccc(C(=O)COc2ccc3c(c2)OC(=Cc2ccc(C)cc2)C3=O)cc1. The van der Waals surface area contributed by atoms with Crippen LogP contribution in [0, 0.1) is 6.92 Å². The van der Waals surface area contributed by atoms with E-state index in [1.807, 2.05) is 31.2 Å². The Morgan fingerprint density at radius 2 is 1.67 bits per heavy atom. The molecule has 0 aliphatic carbocycles. The average molecular weight is 400 g/mol. The van der Waals surface area contributed by atoms with Crippen LogP contribution in [0.5, 0.6) is 17.2 Å².